The van der Waals surface area contributed by atoms with Gasteiger partial charge in [0.05, 0.1) is 6.04 Å². The second-order valence-electron chi connectivity index (χ2n) is 7.80. The lowest BCUT2D eigenvalue weighted by Gasteiger charge is -2.27. The third-order valence-corrected chi connectivity index (χ3v) is 5.91. The number of carboxylic acids is 1. The fourth-order valence-corrected chi connectivity index (χ4v) is 4.39. The van der Waals surface area contributed by atoms with E-state index in [4.69, 9.17) is 0 Å². The van der Waals surface area contributed by atoms with Crippen molar-refractivity contribution in [2.75, 3.05) is 13.1 Å². The zero-order valence-electron chi connectivity index (χ0n) is 16.2. The first-order chi connectivity index (χ1) is 14.0. The molecule has 3 unspecified atom stereocenters. The smallest absolute Gasteiger partial charge is 0.326 e. The minimum Gasteiger partial charge on any atom is -0.480 e. The van der Waals surface area contributed by atoms with Gasteiger partial charge >= 0.3 is 5.97 Å². The average molecular weight is 398 g/mol. The molecule has 2 amide bonds. The van der Waals surface area contributed by atoms with Crippen LogP contribution in [-0.2, 0) is 20.8 Å². The highest BCUT2D eigenvalue weighted by Crippen LogP contribution is 2.22. The van der Waals surface area contributed by atoms with Crippen LogP contribution in [0.15, 0.2) is 30.5 Å². The number of aromatic amines is 1. The third kappa shape index (κ3) is 3.98. The Morgan fingerprint density at radius 1 is 1.21 bits per heavy atom. The number of benzene rings is 1. The first kappa shape index (κ1) is 19.4. The van der Waals surface area contributed by atoms with Crippen LogP contribution in [-0.4, -0.2) is 64.0 Å². The maximum absolute atomic E-state index is 12.9. The number of nitrogens with zero attached hydrogens (tertiary/aromatic N) is 1. The molecule has 29 heavy (non-hydrogen) atoms. The van der Waals surface area contributed by atoms with Crippen molar-refractivity contribution in [2.24, 2.45) is 0 Å². The van der Waals surface area contributed by atoms with E-state index in [9.17, 15) is 19.5 Å². The number of hydrogen-bond acceptors (Lipinski definition) is 4. The summed E-state index contributed by atoms with van der Waals surface area (Å²) in [6.07, 6.45) is 5.00. The summed E-state index contributed by atoms with van der Waals surface area (Å²) in [5.41, 5.74) is 1.76. The van der Waals surface area contributed by atoms with Crippen molar-refractivity contribution in [3.63, 3.8) is 0 Å². The molecule has 2 aliphatic heterocycles. The van der Waals surface area contributed by atoms with Crippen molar-refractivity contribution in [1.82, 2.24) is 20.5 Å². The summed E-state index contributed by atoms with van der Waals surface area (Å²) in [5, 5.41) is 16.5. The van der Waals surface area contributed by atoms with Crippen LogP contribution in [0.5, 0.6) is 0 Å². The van der Waals surface area contributed by atoms with Gasteiger partial charge in [0.15, 0.2) is 0 Å². The molecule has 4 N–H and O–H groups in total. The molecule has 1 aromatic carbocycles. The fourth-order valence-electron chi connectivity index (χ4n) is 4.39. The topological polar surface area (TPSA) is 115 Å². The number of rotatable bonds is 6. The first-order valence-corrected chi connectivity index (χ1v) is 10.2. The number of likely N-dealkylation sites (tertiary alicyclic amines) is 1. The van der Waals surface area contributed by atoms with Gasteiger partial charge in [-0.3, -0.25) is 9.59 Å². The lowest BCUT2D eigenvalue weighted by Crippen LogP contribution is -2.54. The summed E-state index contributed by atoms with van der Waals surface area (Å²) in [5.74, 6) is -1.53. The Kier molecular flexibility index (Phi) is 5.53. The van der Waals surface area contributed by atoms with Crippen molar-refractivity contribution < 1.29 is 19.5 Å². The van der Waals surface area contributed by atoms with Crippen LogP contribution in [0, 0.1) is 0 Å². The average Bonchev–Trinajstić information content (AvgIpc) is 3.47. The molecule has 3 atom stereocenters. The Morgan fingerprint density at radius 2 is 2.03 bits per heavy atom. The second-order valence-corrected chi connectivity index (χ2v) is 7.80. The highest BCUT2D eigenvalue weighted by atomic mass is 16.4. The molecule has 0 spiro atoms. The second kappa shape index (κ2) is 8.24. The molecule has 0 saturated carbocycles. The molecule has 0 aliphatic carbocycles. The molecular formula is C21H26N4O4. The Morgan fingerprint density at radius 3 is 2.79 bits per heavy atom. The molecule has 8 nitrogen and oxygen atoms in total. The lowest BCUT2D eigenvalue weighted by molar-refractivity contribution is -0.144. The molecule has 4 rings (SSSR count). The number of carbonyl (C=O) groups excluding carboxylic acids is 2. The summed E-state index contributed by atoms with van der Waals surface area (Å²) in [6, 6.07) is 5.76. The minimum atomic E-state index is -1.09. The summed E-state index contributed by atoms with van der Waals surface area (Å²) < 4.78 is 0. The number of fused-ring (bicyclic) bond motifs is 1. The van der Waals surface area contributed by atoms with E-state index in [1.807, 2.05) is 24.3 Å². The molecular weight excluding hydrogens is 372 g/mol. The molecule has 2 aliphatic rings. The van der Waals surface area contributed by atoms with Crippen molar-refractivity contribution in [3.05, 3.63) is 36.0 Å². The normalized spacial score (nSPS) is 22.7. The Balaban J connectivity index is 1.45. The van der Waals surface area contributed by atoms with E-state index in [0.29, 0.717) is 13.0 Å². The number of aliphatic carboxylic acids is 1. The maximum Gasteiger partial charge on any atom is 0.326 e. The van der Waals surface area contributed by atoms with Crippen molar-refractivity contribution in [1.29, 1.82) is 0 Å². The number of carboxylic acid groups (broad SMARTS) is 1. The van der Waals surface area contributed by atoms with E-state index < -0.39 is 18.1 Å². The largest absolute Gasteiger partial charge is 0.480 e. The van der Waals surface area contributed by atoms with E-state index in [-0.39, 0.29) is 24.3 Å². The van der Waals surface area contributed by atoms with Gasteiger partial charge in [-0.15, -0.1) is 0 Å². The van der Waals surface area contributed by atoms with Gasteiger partial charge in [-0.25, -0.2) is 4.79 Å². The van der Waals surface area contributed by atoms with E-state index in [1.165, 1.54) is 0 Å². The zero-order valence-corrected chi connectivity index (χ0v) is 16.2. The van der Waals surface area contributed by atoms with Gasteiger partial charge in [0.1, 0.15) is 12.1 Å². The SMILES string of the molecule is O=C(O)C(Cc1c[nH]c2ccccc12)NC(=O)C1CCCN1C(=O)C1CCCN1. The van der Waals surface area contributed by atoms with Crippen LogP contribution >= 0.6 is 0 Å². The Bertz CT molecular complexity index is 918. The number of nitrogens with one attached hydrogen (secondary N) is 3. The van der Waals surface area contributed by atoms with Gasteiger partial charge in [0.25, 0.3) is 0 Å². The number of para-hydroxylation sites is 1. The van der Waals surface area contributed by atoms with Gasteiger partial charge in [-0.05, 0) is 43.9 Å². The number of aromatic nitrogens is 1. The molecule has 0 bridgehead atoms. The van der Waals surface area contributed by atoms with Crippen LogP contribution in [0.1, 0.15) is 31.2 Å². The molecule has 8 heteroatoms. The summed E-state index contributed by atoms with van der Waals surface area (Å²) >= 11 is 0. The molecule has 154 valence electrons. The van der Waals surface area contributed by atoms with Gasteiger partial charge in [0, 0.05) is 30.1 Å². The number of carbonyl (C=O) groups is 3. The van der Waals surface area contributed by atoms with Gasteiger partial charge in [-0.1, -0.05) is 18.2 Å². The van der Waals surface area contributed by atoms with Crippen LogP contribution in [0.2, 0.25) is 0 Å². The molecule has 0 radical (unpaired) electrons. The van der Waals surface area contributed by atoms with E-state index >= 15 is 0 Å². The maximum atomic E-state index is 12.9. The standard InChI is InChI=1S/C21H26N4O4/c26-19(18-8-4-10-25(18)20(27)16-7-3-9-22-16)24-17(21(28)29)11-13-12-23-15-6-2-1-5-14(13)15/h1-2,5-6,12,16-18,22-23H,3-4,7-11H2,(H,24,26)(H,28,29). The van der Waals surface area contributed by atoms with Crippen LogP contribution < -0.4 is 10.6 Å². The van der Waals surface area contributed by atoms with Crippen molar-refractivity contribution >= 4 is 28.7 Å². The van der Waals surface area contributed by atoms with Crippen LogP contribution in [0.3, 0.4) is 0 Å². The predicted octanol–water partition coefficient (Wildman–Crippen LogP) is 1.02. The Hall–Kier alpha value is -2.87. The van der Waals surface area contributed by atoms with Crippen LogP contribution in [0.25, 0.3) is 10.9 Å². The van der Waals surface area contributed by atoms with Gasteiger partial charge in [0.2, 0.25) is 11.8 Å². The number of amides is 2. The minimum absolute atomic E-state index is 0.0522. The van der Waals surface area contributed by atoms with Crippen molar-refractivity contribution in [3.8, 4) is 0 Å². The van der Waals surface area contributed by atoms with E-state index in [2.05, 4.69) is 15.6 Å². The first-order valence-electron chi connectivity index (χ1n) is 10.2. The molecule has 3 heterocycles. The molecule has 1 aromatic heterocycles. The zero-order chi connectivity index (χ0) is 20.4. The summed E-state index contributed by atoms with van der Waals surface area (Å²) in [4.78, 5) is 42.2. The highest BCUT2D eigenvalue weighted by molar-refractivity contribution is 5.93. The summed E-state index contributed by atoms with van der Waals surface area (Å²) in [6.45, 7) is 1.35. The van der Waals surface area contributed by atoms with Crippen LogP contribution in [0.4, 0.5) is 0 Å². The van der Waals surface area contributed by atoms with Gasteiger partial charge < -0.3 is 25.6 Å². The fraction of sp³-hybridized carbons (Fsp3) is 0.476. The molecule has 2 aromatic rings. The highest BCUT2D eigenvalue weighted by Gasteiger charge is 2.39. The molecule has 2 fully saturated rings. The van der Waals surface area contributed by atoms with Crippen molar-refractivity contribution in [2.45, 2.75) is 50.2 Å². The monoisotopic (exact) mass is 398 g/mol. The summed E-state index contributed by atoms with van der Waals surface area (Å²) in [7, 11) is 0. The molecule has 2 saturated heterocycles. The number of hydrogen-bond donors (Lipinski definition) is 4. The number of H-pyrrole nitrogens is 1. The Labute approximate surface area is 168 Å². The van der Waals surface area contributed by atoms with E-state index in [1.54, 1.807) is 11.1 Å². The quantitative estimate of drug-likeness (QED) is 0.580. The van der Waals surface area contributed by atoms with E-state index in [0.717, 1.165) is 42.3 Å². The lowest BCUT2D eigenvalue weighted by atomic mass is 10.0. The predicted molar refractivity (Wildman–Crippen MR) is 107 cm³/mol. The third-order valence-electron chi connectivity index (χ3n) is 5.91. The van der Waals surface area contributed by atoms with Gasteiger partial charge in [-0.2, -0.15) is 0 Å².